The molecule has 1 rings (SSSR count). The van der Waals surface area contributed by atoms with Gasteiger partial charge in [-0.25, -0.2) is 8.78 Å². The maximum Gasteiger partial charge on any atom is 0.137 e. The van der Waals surface area contributed by atoms with Crippen LogP contribution < -0.4 is 5.73 Å². The summed E-state index contributed by atoms with van der Waals surface area (Å²) in [6, 6.07) is 3.16. The molecule has 12 heavy (non-hydrogen) atoms. The molecule has 0 saturated heterocycles. The number of nitrogens with zero attached hydrogens (tertiary/aromatic N) is 1. The molecular weight excluding hydrogens is 162 g/mol. The van der Waals surface area contributed by atoms with Gasteiger partial charge in [-0.15, -0.1) is 0 Å². The number of hydrogen-bond acceptors (Lipinski definition) is 1. The molecule has 1 aromatic carbocycles. The van der Waals surface area contributed by atoms with Crippen LogP contribution >= 0.6 is 0 Å². The first-order chi connectivity index (χ1) is 5.65. The summed E-state index contributed by atoms with van der Waals surface area (Å²) in [6.45, 7) is 0. The second kappa shape index (κ2) is 3.30. The van der Waals surface area contributed by atoms with Gasteiger partial charge >= 0.3 is 0 Å². The van der Waals surface area contributed by atoms with Crippen LogP contribution in [0.1, 0.15) is 5.56 Å². The minimum atomic E-state index is -0.696. The summed E-state index contributed by atoms with van der Waals surface area (Å²) in [5.41, 5.74) is 5.46. The maximum atomic E-state index is 12.9. The number of aliphatic imine (C=N–C) groups is 1. The van der Waals surface area contributed by atoms with Crippen LogP contribution in [0.25, 0.3) is 0 Å². The standard InChI is InChI=1S/C8H8F2N2/c1-12-8(11)6-3-2-5(9)4-7(6)10/h2-4H,1H3,(H2,11,12). The van der Waals surface area contributed by atoms with E-state index in [0.717, 1.165) is 12.1 Å². The topological polar surface area (TPSA) is 38.4 Å². The molecule has 0 amide bonds. The molecule has 0 bridgehead atoms. The first-order valence-electron chi connectivity index (χ1n) is 3.33. The Hall–Kier alpha value is -1.45. The van der Waals surface area contributed by atoms with Gasteiger partial charge in [-0.05, 0) is 12.1 Å². The summed E-state index contributed by atoms with van der Waals surface area (Å²) in [5, 5.41) is 0. The number of amidine groups is 1. The van der Waals surface area contributed by atoms with E-state index in [9.17, 15) is 8.78 Å². The molecule has 0 spiro atoms. The first-order valence-corrected chi connectivity index (χ1v) is 3.33. The van der Waals surface area contributed by atoms with E-state index in [-0.39, 0.29) is 11.4 Å². The molecule has 0 aliphatic rings. The summed E-state index contributed by atoms with van der Waals surface area (Å²) in [5.74, 6) is -1.26. The lowest BCUT2D eigenvalue weighted by Gasteiger charge is -2.00. The molecule has 0 unspecified atom stereocenters. The zero-order chi connectivity index (χ0) is 9.14. The minimum absolute atomic E-state index is 0.0625. The molecule has 0 saturated carbocycles. The average Bonchev–Trinajstić information content (AvgIpc) is 2.03. The normalized spacial score (nSPS) is 11.8. The van der Waals surface area contributed by atoms with Crippen molar-refractivity contribution in [2.24, 2.45) is 10.7 Å². The number of nitrogens with two attached hydrogens (primary N) is 1. The Morgan fingerprint density at radius 2 is 2.08 bits per heavy atom. The number of rotatable bonds is 1. The Morgan fingerprint density at radius 3 is 2.58 bits per heavy atom. The highest BCUT2D eigenvalue weighted by Gasteiger charge is 2.05. The maximum absolute atomic E-state index is 12.9. The van der Waals surface area contributed by atoms with E-state index >= 15 is 0 Å². The fourth-order valence-corrected chi connectivity index (χ4v) is 0.818. The van der Waals surface area contributed by atoms with Crippen LogP contribution in [0.15, 0.2) is 23.2 Å². The summed E-state index contributed by atoms with van der Waals surface area (Å²) in [7, 11) is 1.44. The molecule has 0 fully saturated rings. The summed E-state index contributed by atoms with van der Waals surface area (Å²) < 4.78 is 25.3. The lowest BCUT2D eigenvalue weighted by Crippen LogP contribution is -2.14. The van der Waals surface area contributed by atoms with Gasteiger partial charge in [-0.1, -0.05) is 0 Å². The van der Waals surface area contributed by atoms with Gasteiger partial charge < -0.3 is 5.73 Å². The Bertz CT molecular complexity index is 321. The molecule has 0 aliphatic carbocycles. The third-order valence-corrected chi connectivity index (χ3v) is 1.45. The van der Waals surface area contributed by atoms with Crippen LogP contribution in [-0.2, 0) is 0 Å². The highest BCUT2D eigenvalue weighted by molar-refractivity contribution is 5.97. The van der Waals surface area contributed by atoms with E-state index < -0.39 is 11.6 Å². The zero-order valence-electron chi connectivity index (χ0n) is 6.51. The molecular formula is C8H8F2N2. The average molecular weight is 170 g/mol. The molecule has 0 atom stereocenters. The second-order valence-corrected chi connectivity index (χ2v) is 2.23. The fraction of sp³-hybridized carbons (Fsp3) is 0.125. The van der Waals surface area contributed by atoms with E-state index in [1.165, 1.54) is 13.1 Å². The van der Waals surface area contributed by atoms with Crippen LogP contribution in [0.5, 0.6) is 0 Å². The third kappa shape index (κ3) is 1.58. The van der Waals surface area contributed by atoms with E-state index in [4.69, 9.17) is 5.73 Å². The zero-order valence-corrected chi connectivity index (χ0v) is 6.51. The van der Waals surface area contributed by atoms with Crippen molar-refractivity contribution in [1.82, 2.24) is 0 Å². The molecule has 0 heterocycles. The Morgan fingerprint density at radius 1 is 1.42 bits per heavy atom. The molecule has 1 aromatic rings. The van der Waals surface area contributed by atoms with Gasteiger partial charge in [-0.3, -0.25) is 4.99 Å². The van der Waals surface area contributed by atoms with E-state index in [2.05, 4.69) is 4.99 Å². The predicted molar refractivity (Wildman–Crippen MR) is 43.0 cm³/mol. The van der Waals surface area contributed by atoms with Crippen LogP contribution in [0.4, 0.5) is 8.78 Å². The van der Waals surface area contributed by atoms with E-state index in [0.29, 0.717) is 0 Å². The van der Waals surface area contributed by atoms with Gasteiger partial charge in [0.25, 0.3) is 0 Å². The van der Waals surface area contributed by atoms with Crippen molar-refractivity contribution in [3.63, 3.8) is 0 Å². The molecule has 4 heteroatoms. The van der Waals surface area contributed by atoms with Crippen molar-refractivity contribution in [2.45, 2.75) is 0 Å². The predicted octanol–water partition coefficient (Wildman–Crippen LogP) is 1.30. The third-order valence-electron chi connectivity index (χ3n) is 1.45. The Kier molecular flexibility index (Phi) is 2.38. The second-order valence-electron chi connectivity index (χ2n) is 2.23. The van der Waals surface area contributed by atoms with Gasteiger partial charge in [0.2, 0.25) is 0 Å². The van der Waals surface area contributed by atoms with E-state index in [1.807, 2.05) is 0 Å². The summed E-state index contributed by atoms with van der Waals surface area (Å²) in [6.07, 6.45) is 0. The van der Waals surface area contributed by atoms with Gasteiger partial charge in [0.05, 0.1) is 5.56 Å². The SMILES string of the molecule is CN=C(N)c1ccc(F)cc1F. The fourth-order valence-electron chi connectivity index (χ4n) is 0.818. The first kappa shape index (κ1) is 8.64. The van der Waals surface area contributed by atoms with Gasteiger partial charge in [-0.2, -0.15) is 0 Å². The van der Waals surface area contributed by atoms with E-state index in [1.54, 1.807) is 0 Å². The van der Waals surface area contributed by atoms with Crippen molar-refractivity contribution < 1.29 is 8.78 Å². The quantitative estimate of drug-likeness (QED) is 0.500. The monoisotopic (exact) mass is 170 g/mol. The van der Waals surface area contributed by atoms with Crippen LogP contribution in [0.3, 0.4) is 0 Å². The van der Waals surface area contributed by atoms with Crippen molar-refractivity contribution in [2.75, 3.05) is 7.05 Å². The van der Waals surface area contributed by atoms with Crippen molar-refractivity contribution in [3.05, 3.63) is 35.4 Å². The van der Waals surface area contributed by atoms with Crippen LogP contribution in [0.2, 0.25) is 0 Å². The minimum Gasteiger partial charge on any atom is -0.383 e. The highest BCUT2D eigenvalue weighted by Crippen LogP contribution is 2.08. The molecule has 2 N–H and O–H groups in total. The highest BCUT2D eigenvalue weighted by atomic mass is 19.1. The van der Waals surface area contributed by atoms with Gasteiger partial charge in [0, 0.05) is 13.1 Å². The Labute approximate surface area is 68.7 Å². The van der Waals surface area contributed by atoms with Crippen LogP contribution in [-0.4, -0.2) is 12.9 Å². The van der Waals surface area contributed by atoms with Gasteiger partial charge in [0.15, 0.2) is 0 Å². The van der Waals surface area contributed by atoms with Crippen molar-refractivity contribution in [3.8, 4) is 0 Å². The van der Waals surface area contributed by atoms with Crippen LogP contribution in [0, 0.1) is 11.6 Å². The Balaban J connectivity index is 3.18. The van der Waals surface area contributed by atoms with Crippen molar-refractivity contribution in [1.29, 1.82) is 0 Å². The lowest BCUT2D eigenvalue weighted by atomic mass is 10.2. The number of benzene rings is 1. The number of hydrogen-bond donors (Lipinski definition) is 1. The number of halogens is 2. The molecule has 0 aromatic heterocycles. The van der Waals surface area contributed by atoms with Crippen molar-refractivity contribution >= 4 is 5.84 Å². The largest absolute Gasteiger partial charge is 0.383 e. The molecule has 0 aliphatic heterocycles. The van der Waals surface area contributed by atoms with Gasteiger partial charge in [0.1, 0.15) is 17.5 Å². The molecule has 64 valence electrons. The summed E-state index contributed by atoms with van der Waals surface area (Å²) >= 11 is 0. The summed E-state index contributed by atoms with van der Waals surface area (Å²) in [4.78, 5) is 3.58. The molecule has 2 nitrogen and oxygen atoms in total. The molecule has 0 radical (unpaired) electrons. The lowest BCUT2D eigenvalue weighted by molar-refractivity contribution is 0.581. The smallest absolute Gasteiger partial charge is 0.137 e.